The standard InChI is InChI=1S/C14H19N/c1-4-14(5-2)10-11(3)12-8-6-7-9-13(12)15-14/h6-10,15H,4-5H2,1-3H3. The van der Waals surface area contributed by atoms with Crippen molar-refractivity contribution in [3.63, 3.8) is 0 Å². The summed E-state index contributed by atoms with van der Waals surface area (Å²) in [7, 11) is 0. The van der Waals surface area contributed by atoms with E-state index in [1.165, 1.54) is 16.8 Å². The van der Waals surface area contributed by atoms with Crippen molar-refractivity contribution >= 4 is 11.3 Å². The second-order valence-electron chi connectivity index (χ2n) is 4.36. The molecule has 0 unspecified atom stereocenters. The van der Waals surface area contributed by atoms with Gasteiger partial charge in [-0.3, -0.25) is 0 Å². The van der Waals surface area contributed by atoms with Gasteiger partial charge in [0.15, 0.2) is 0 Å². The first-order valence-electron chi connectivity index (χ1n) is 5.78. The molecule has 0 spiro atoms. The van der Waals surface area contributed by atoms with Gasteiger partial charge in [-0.1, -0.05) is 38.1 Å². The minimum Gasteiger partial charge on any atom is -0.376 e. The van der Waals surface area contributed by atoms with Crippen molar-refractivity contribution in [2.75, 3.05) is 5.32 Å². The summed E-state index contributed by atoms with van der Waals surface area (Å²) in [6.07, 6.45) is 4.65. The van der Waals surface area contributed by atoms with E-state index < -0.39 is 0 Å². The van der Waals surface area contributed by atoms with Crippen LogP contribution in [0.3, 0.4) is 0 Å². The molecular formula is C14H19N. The molecule has 0 aromatic heterocycles. The Morgan fingerprint density at radius 3 is 2.47 bits per heavy atom. The largest absolute Gasteiger partial charge is 0.376 e. The fraction of sp³-hybridized carbons (Fsp3) is 0.429. The Hall–Kier alpha value is -1.24. The molecule has 80 valence electrons. The molecule has 1 heteroatoms. The van der Waals surface area contributed by atoms with Gasteiger partial charge in [-0.15, -0.1) is 0 Å². The van der Waals surface area contributed by atoms with Gasteiger partial charge in [0.1, 0.15) is 0 Å². The van der Waals surface area contributed by atoms with Crippen molar-refractivity contribution in [1.82, 2.24) is 0 Å². The Morgan fingerprint density at radius 2 is 1.80 bits per heavy atom. The zero-order chi connectivity index (χ0) is 10.9. The van der Waals surface area contributed by atoms with E-state index in [0.29, 0.717) is 0 Å². The third kappa shape index (κ3) is 1.67. The minimum atomic E-state index is 0.165. The van der Waals surface area contributed by atoms with Crippen LogP contribution in [-0.2, 0) is 0 Å². The summed E-state index contributed by atoms with van der Waals surface area (Å²) in [6, 6.07) is 8.55. The molecule has 1 N–H and O–H groups in total. The molecular weight excluding hydrogens is 182 g/mol. The maximum absolute atomic E-state index is 3.66. The topological polar surface area (TPSA) is 12.0 Å². The first-order chi connectivity index (χ1) is 7.21. The first-order valence-corrected chi connectivity index (χ1v) is 5.78. The predicted molar refractivity (Wildman–Crippen MR) is 67.0 cm³/mol. The summed E-state index contributed by atoms with van der Waals surface area (Å²) in [5, 5.41) is 3.66. The molecule has 15 heavy (non-hydrogen) atoms. The van der Waals surface area contributed by atoms with Crippen LogP contribution in [0.4, 0.5) is 5.69 Å². The van der Waals surface area contributed by atoms with Crippen LogP contribution in [0.5, 0.6) is 0 Å². The van der Waals surface area contributed by atoms with Crippen LogP contribution < -0.4 is 5.32 Å². The Bertz CT molecular complexity index is 386. The molecule has 2 rings (SSSR count). The highest BCUT2D eigenvalue weighted by molar-refractivity contribution is 5.80. The Labute approximate surface area is 92.2 Å². The van der Waals surface area contributed by atoms with Gasteiger partial charge in [-0.25, -0.2) is 0 Å². The van der Waals surface area contributed by atoms with Crippen LogP contribution in [0, 0.1) is 0 Å². The van der Waals surface area contributed by atoms with Crippen molar-refractivity contribution in [2.24, 2.45) is 0 Å². The average molecular weight is 201 g/mol. The quantitative estimate of drug-likeness (QED) is 0.760. The lowest BCUT2D eigenvalue weighted by atomic mass is 9.84. The molecule has 0 saturated heterocycles. The summed E-state index contributed by atoms with van der Waals surface area (Å²) in [5.74, 6) is 0. The van der Waals surface area contributed by atoms with Gasteiger partial charge >= 0.3 is 0 Å². The second kappa shape index (κ2) is 3.73. The van der Waals surface area contributed by atoms with E-state index in [1.807, 2.05) is 0 Å². The number of hydrogen-bond donors (Lipinski definition) is 1. The van der Waals surface area contributed by atoms with Gasteiger partial charge in [0.25, 0.3) is 0 Å². The lowest BCUT2D eigenvalue weighted by molar-refractivity contribution is 0.533. The molecule has 1 aromatic carbocycles. The number of rotatable bonds is 2. The number of nitrogens with one attached hydrogen (secondary N) is 1. The lowest BCUT2D eigenvalue weighted by Gasteiger charge is -2.36. The maximum Gasteiger partial charge on any atom is 0.0556 e. The Morgan fingerprint density at radius 1 is 1.13 bits per heavy atom. The van der Waals surface area contributed by atoms with Crippen LogP contribution in [0.25, 0.3) is 5.57 Å². The van der Waals surface area contributed by atoms with Crippen LogP contribution in [0.15, 0.2) is 30.3 Å². The van der Waals surface area contributed by atoms with Crippen LogP contribution in [-0.4, -0.2) is 5.54 Å². The Balaban J connectivity index is 2.48. The number of anilines is 1. The fourth-order valence-electron chi connectivity index (χ4n) is 2.36. The number of benzene rings is 1. The van der Waals surface area contributed by atoms with E-state index in [9.17, 15) is 0 Å². The summed E-state index contributed by atoms with van der Waals surface area (Å²) in [5.41, 5.74) is 4.18. The van der Waals surface area contributed by atoms with Crippen molar-refractivity contribution in [1.29, 1.82) is 0 Å². The minimum absolute atomic E-state index is 0.165. The third-order valence-electron chi connectivity index (χ3n) is 3.49. The van der Waals surface area contributed by atoms with Crippen molar-refractivity contribution in [3.05, 3.63) is 35.9 Å². The normalized spacial score (nSPS) is 17.7. The van der Waals surface area contributed by atoms with Crippen LogP contribution in [0.1, 0.15) is 39.2 Å². The predicted octanol–water partition coefficient (Wildman–Crippen LogP) is 4.07. The van der Waals surface area contributed by atoms with Crippen LogP contribution in [0.2, 0.25) is 0 Å². The van der Waals surface area contributed by atoms with Gasteiger partial charge in [-0.05, 0) is 31.4 Å². The van der Waals surface area contributed by atoms with Gasteiger partial charge < -0.3 is 5.32 Å². The molecule has 1 aromatic rings. The van der Waals surface area contributed by atoms with Gasteiger partial charge in [0.05, 0.1) is 5.54 Å². The molecule has 1 aliphatic heterocycles. The van der Waals surface area contributed by atoms with E-state index in [2.05, 4.69) is 56.4 Å². The summed E-state index contributed by atoms with van der Waals surface area (Å²) < 4.78 is 0. The first kappa shape index (κ1) is 10.3. The zero-order valence-electron chi connectivity index (χ0n) is 9.80. The molecule has 0 atom stereocenters. The molecule has 0 saturated carbocycles. The second-order valence-corrected chi connectivity index (χ2v) is 4.36. The number of para-hydroxylation sites is 1. The SMILES string of the molecule is CCC1(CC)C=C(C)c2ccccc2N1. The molecule has 0 fully saturated rings. The van der Waals surface area contributed by atoms with Crippen molar-refractivity contribution < 1.29 is 0 Å². The van der Waals surface area contributed by atoms with E-state index in [0.717, 1.165) is 12.8 Å². The fourth-order valence-corrected chi connectivity index (χ4v) is 2.36. The molecule has 1 heterocycles. The molecule has 1 nitrogen and oxygen atoms in total. The highest BCUT2D eigenvalue weighted by Crippen LogP contribution is 2.36. The highest BCUT2D eigenvalue weighted by Gasteiger charge is 2.27. The number of allylic oxidation sites excluding steroid dienone is 1. The third-order valence-corrected chi connectivity index (χ3v) is 3.49. The molecule has 0 radical (unpaired) electrons. The molecule has 0 amide bonds. The zero-order valence-corrected chi connectivity index (χ0v) is 9.80. The smallest absolute Gasteiger partial charge is 0.0556 e. The average Bonchev–Trinajstić information content (AvgIpc) is 2.29. The highest BCUT2D eigenvalue weighted by atomic mass is 15.0. The van der Waals surface area contributed by atoms with Crippen molar-refractivity contribution in [3.8, 4) is 0 Å². The van der Waals surface area contributed by atoms with E-state index >= 15 is 0 Å². The lowest BCUT2D eigenvalue weighted by Crippen LogP contribution is -2.37. The maximum atomic E-state index is 3.66. The molecule has 0 aliphatic carbocycles. The van der Waals surface area contributed by atoms with E-state index in [-0.39, 0.29) is 5.54 Å². The molecule has 0 bridgehead atoms. The van der Waals surface area contributed by atoms with Gasteiger partial charge in [0, 0.05) is 11.3 Å². The number of fused-ring (bicyclic) bond motifs is 1. The monoisotopic (exact) mass is 201 g/mol. The van der Waals surface area contributed by atoms with Gasteiger partial charge in [-0.2, -0.15) is 0 Å². The summed E-state index contributed by atoms with van der Waals surface area (Å²) >= 11 is 0. The summed E-state index contributed by atoms with van der Waals surface area (Å²) in [6.45, 7) is 6.70. The van der Waals surface area contributed by atoms with Gasteiger partial charge in [0.2, 0.25) is 0 Å². The summed E-state index contributed by atoms with van der Waals surface area (Å²) in [4.78, 5) is 0. The number of hydrogen-bond acceptors (Lipinski definition) is 1. The van der Waals surface area contributed by atoms with E-state index in [1.54, 1.807) is 0 Å². The molecule has 1 aliphatic rings. The van der Waals surface area contributed by atoms with E-state index in [4.69, 9.17) is 0 Å². The Kier molecular flexibility index (Phi) is 2.56. The van der Waals surface area contributed by atoms with Crippen molar-refractivity contribution in [2.45, 2.75) is 39.2 Å². The van der Waals surface area contributed by atoms with Crippen LogP contribution >= 0.6 is 0 Å².